The van der Waals surface area contributed by atoms with E-state index in [-0.39, 0.29) is 53.5 Å². The van der Waals surface area contributed by atoms with Crippen molar-refractivity contribution in [2.24, 2.45) is 5.92 Å². The molecule has 0 radical (unpaired) electrons. The SMILES string of the molecule is Cc1c(C(=O)N2CCC(O)(CO)CC2)sc2c1c(=O)n(CC(C)C)c(=O)n2CCC(F)(F)F. The Morgan fingerprint density at radius 2 is 1.79 bits per heavy atom. The van der Waals surface area contributed by atoms with Crippen LogP contribution in [-0.2, 0) is 13.1 Å². The fourth-order valence-electron chi connectivity index (χ4n) is 3.99. The van der Waals surface area contributed by atoms with Crippen molar-refractivity contribution in [1.29, 1.82) is 0 Å². The lowest BCUT2D eigenvalue weighted by molar-refractivity contribution is -0.136. The lowest BCUT2D eigenvalue weighted by atomic mass is 9.92. The van der Waals surface area contributed by atoms with E-state index in [0.717, 1.165) is 20.5 Å². The Bertz CT molecular complexity index is 1160. The Kier molecular flexibility index (Phi) is 7.11. The number of likely N-dealkylation sites (tertiary alicyclic amines) is 1. The topological polar surface area (TPSA) is 105 Å². The van der Waals surface area contributed by atoms with Gasteiger partial charge < -0.3 is 15.1 Å². The van der Waals surface area contributed by atoms with E-state index in [9.17, 15) is 37.8 Å². The number of aliphatic hydroxyl groups excluding tert-OH is 1. The fraction of sp³-hybridized carbons (Fsp3) is 0.667. The van der Waals surface area contributed by atoms with Crippen molar-refractivity contribution in [1.82, 2.24) is 14.0 Å². The van der Waals surface area contributed by atoms with E-state index in [1.807, 2.05) is 0 Å². The van der Waals surface area contributed by atoms with Crippen LogP contribution in [0.2, 0.25) is 0 Å². The van der Waals surface area contributed by atoms with E-state index < -0.39 is 48.5 Å². The van der Waals surface area contributed by atoms with Gasteiger partial charge in [-0.1, -0.05) is 13.8 Å². The first-order chi connectivity index (χ1) is 15.3. The third-order valence-corrected chi connectivity index (χ3v) is 7.23. The number of hydrogen-bond donors (Lipinski definition) is 2. The van der Waals surface area contributed by atoms with Gasteiger partial charge >= 0.3 is 11.9 Å². The van der Waals surface area contributed by atoms with Crippen molar-refractivity contribution >= 4 is 27.5 Å². The molecule has 2 aromatic heterocycles. The molecule has 184 valence electrons. The average Bonchev–Trinajstić information content (AvgIpc) is 3.07. The Balaban J connectivity index is 2.11. The summed E-state index contributed by atoms with van der Waals surface area (Å²) >= 11 is 0.844. The normalized spacial score (nSPS) is 16.7. The number of halogens is 3. The zero-order chi connectivity index (χ0) is 24.7. The molecule has 12 heteroatoms. The van der Waals surface area contributed by atoms with Gasteiger partial charge in [-0.3, -0.25) is 18.7 Å². The molecule has 2 N–H and O–H groups in total. The third kappa shape index (κ3) is 5.17. The van der Waals surface area contributed by atoms with Crippen LogP contribution in [0.5, 0.6) is 0 Å². The number of piperidine rings is 1. The number of carbonyl (C=O) groups excluding carboxylic acids is 1. The third-order valence-electron chi connectivity index (χ3n) is 5.93. The van der Waals surface area contributed by atoms with E-state index in [4.69, 9.17) is 0 Å². The van der Waals surface area contributed by atoms with Crippen molar-refractivity contribution in [3.8, 4) is 0 Å². The molecule has 0 unspecified atom stereocenters. The molecule has 1 saturated heterocycles. The summed E-state index contributed by atoms with van der Waals surface area (Å²) in [5.74, 6) is -0.513. The Hall–Kier alpha value is -2.18. The van der Waals surface area contributed by atoms with Gasteiger partial charge in [0.15, 0.2) is 0 Å². The molecule has 33 heavy (non-hydrogen) atoms. The number of rotatable bonds is 6. The number of thiophene rings is 1. The summed E-state index contributed by atoms with van der Waals surface area (Å²) in [5, 5.41) is 19.6. The van der Waals surface area contributed by atoms with Crippen LogP contribution < -0.4 is 11.2 Å². The van der Waals surface area contributed by atoms with Crippen LogP contribution in [0.1, 0.15) is 48.3 Å². The minimum absolute atomic E-state index is 0.0457. The van der Waals surface area contributed by atoms with Crippen LogP contribution in [0.25, 0.3) is 10.2 Å². The van der Waals surface area contributed by atoms with E-state index in [1.54, 1.807) is 20.8 Å². The van der Waals surface area contributed by atoms with Gasteiger partial charge in [0.25, 0.3) is 11.5 Å². The molecule has 0 aliphatic carbocycles. The number of hydrogen-bond acceptors (Lipinski definition) is 6. The van der Waals surface area contributed by atoms with Crippen LogP contribution >= 0.6 is 11.3 Å². The molecule has 0 saturated carbocycles. The second kappa shape index (κ2) is 9.22. The molecule has 1 aliphatic heterocycles. The summed E-state index contributed by atoms with van der Waals surface area (Å²) in [6, 6.07) is 0. The van der Waals surface area contributed by atoms with Gasteiger partial charge in [0, 0.05) is 26.2 Å². The number of alkyl halides is 3. The summed E-state index contributed by atoms with van der Waals surface area (Å²) in [5.41, 5.74) is -2.37. The maximum atomic E-state index is 13.2. The average molecular weight is 492 g/mol. The number of aliphatic hydroxyl groups is 2. The predicted molar refractivity (Wildman–Crippen MR) is 118 cm³/mol. The van der Waals surface area contributed by atoms with Gasteiger partial charge in [0.1, 0.15) is 4.83 Å². The molecule has 8 nitrogen and oxygen atoms in total. The van der Waals surface area contributed by atoms with Crippen LogP contribution in [-0.4, -0.2) is 61.6 Å². The van der Waals surface area contributed by atoms with Crippen LogP contribution in [0, 0.1) is 12.8 Å². The maximum Gasteiger partial charge on any atom is 0.390 e. The first kappa shape index (κ1) is 25.4. The smallest absolute Gasteiger partial charge is 0.390 e. The van der Waals surface area contributed by atoms with Crippen molar-refractivity contribution in [2.45, 2.75) is 64.9 Å². The second-order valence-electron chi connectivity index (χ2n) is 9.02. The van der Waals surface area contributed by atoms with Gasteiger partial charge in [-0.25, -0.2) is 4.79 Å². The van der Waals surface area contributed by atoms with Crippen LogP contribution in [0.3, 0.4) is 0 Å². The monoisotopic (exact) mass is 491 g/mol. The highest BCUT2D eigenvalue weighted by atomic mass is 32.1. The molecule has 2 aromatic rings. The van der Waals surface area contributed by atoms with Crippen LogP contribution in [0.4, 0.5) is 13.2 Å². The van der Waals surface area contributed by atoms with Gasteiger partial charge in [0.05, 0.1) is 28.9 Å². The minimum atomic E-state index is -4.49. The first-order valence-corrected chi connectivity index (χ1v) is 11.6. The maximum absolute atomic E-state index is 13.2. The highest BCUT2D eigenvalue weighted by molar-refractivity contribution is 7.20. The zero-order valence-electron chi connectivity index (χ0n) is 18.7. The van der Waals surface area contributed by atoms with E-state index in [1.165, 1.54) is 4.90 Å². The summed E-state index contributed by atoms with van der Waals surface area (Å²) in [6.07, 6.45) is -5.38. The lowest BCUT2D eigenvalue weighted by Crippen LogP contribution is -2.48. The van der Waals surface area contributed by atoms with Gasteiger partial charge in [0.2, 0.25) is 0 Å². The summed E-state index contributed by atoms with van der Waals surface area (Å²) < 4.78 is 40.7. The van der Waals surface area contributed by atoms with Gasteiger partial charge in [-0.2, -0.15) is 13.2 Å². The highest BCUT2D eigenvalue weighted by Crippen LogP contribution is 2.32. The van der Waals surface area contributed by atoms with E-state index in [2.05, 4.69) is 0 Å². The molecular weight excluding hydrogens is 463 g/mol. The lowest BCUT2D eigenvalue weighted by Gasteiger charge is -2.36. The number of amides is 1. The Morgan fingerprint density at radius 3 is 2.30 bits per heavy atom. The zero-order valence-corrected chi connectivity index (χ0v) is 19.6. The molecule has 0 atom stereocenters. The van der Waals surface area contributed by atoms with Crippen molar-refractivity contribution in [3.63, 3.8) is 0 Å². The molecule has 3 rings (SSSR count). The molecule has 1 aliphatic rings. The Morgan fingerprint density at radius 1 is 1.18 bits per heavy atom. The number of aryl methyl sites for hydroxylation is 2. The predicted octanol–water partition coefficient (Wildman–Crippen LogP) is 2.10. The molecular formula is C21H28F3N3O5S. The number of fused-ring (bicyclic) bond motifs is 1. The number of aromatic nitrogens is 2. The quantitative estimate of drug-likeness (QED) is 0.644. The Labute approximate surface area is 191 Å². The summed E-state index contributed by atoms with van der Waals surface area (Å²) in [7, 11) is 0. The van der Waals surface area contributed by atoms with Gasteiger partial charge in [-0.15, -0.1) is 11.3 Å². The van der Waals surface area contributed by atoms with Crippen molar-refractivity contribution in [3.05, 3.63) is 31.3 Å². The standard InChI is InChI=1S/C21H28F3N3O5S/c1-12(2)10-27-16(29)14-13(3)15(17(30)25-7-4-20(32,11-28)5-8-25)33-18(14)26(19(27)31)9-6-21(22,23)24/h12,28,32H,4-11H2,1-3H3. The molecule has 3 heterocycles. The summed E-state index contributed by atoms with van der Waals surface area (Å²) in [4.78, 5) is 41.0. The second-order valence-corrected chi connectivity index (χ2v) is 10.0. The number of carbonyl (C=O) groups is 1. The molecule has 1 fully saturated rings. The number of nitrogens with zero attached hydrogens (tertiary/aromatic N) is 3. The minimum Gasteiger partial charge on any atom is -0.393 e. The van der Waals surface area contributed by atoms with Crippen molar-refractivity contribution < 1.29 is 28.2 Å². The van der Waals surface area contributed by atoms with Crippen LogP contribution in [0.15, 0.2) is 9.59 Å². The highest BCUT2D eigenvalue weighted by Gasteiger charge is 2.35. The fourth-order valence-corrected chi connectivity index (χ4v) is 5.28. The van der Waals surface area contributed by atoms with Gasteiger partial charge in [-0.05, 0) is 31.2 Å². The largest absolute Gasteiger partial charge is 0.393 e. The van der Waals surface area contributed by atoms with E-state index in [0.29, 0.717) is 5.56 Å². The molecule has 0 aromatic carbocycles. The van der Waals surface area contributed by atoms with E-state index >= 15 is 0 Å². The molecule has 0 bridgehead atoms. The molecule has 1 amide bonds. The molecule has 0 spiro atoms. The van der Waals surface area contributed by atoms with Crippen molar-refractivity contribution in [2.75, 3.05) is 19.7 Å². The summed E-state index contributed by atoms with van der Waals surface area (Å²) in [6.45, 7) is 4.47. The first-order valence-electron chi connectivity index (χ1n) is 10.7.